The molecule has 0 saturated carbocycles. The van der Waals surface area contributed by atoms with Crippen molar-refractivity contribution in [1.29, 1.82) is 5.41 Å². The molecular weight excluding hydrogens is 118 g/mol. The summed E-state index contributed by atoms with van der Waals surface area (Å²) in [5.41, 5.74) is 5.48. The molecule has 5 N–H and O–H groups in total. The van der Waals surface area contributed by atoms with E-state index in [2.05, 4.69) is 5.10 Å². The summed E-state index contributed by atoms with van der Waals surface area (Å²) in [4.78, 5) is 1.11. The molecule has 0 bridgehead atoms. The second-order valence-corrected chi connectivity index (χ2v) is 1.59. The lowest BCUT2D eigenvalue weighted by atomic mass is 10.4. The lowest BCUT2D eigenvalue weighted by Gasteiger charge is -1.87. The van der Waals surface area contributed by atoms with Gasteiger partial charge in [0.2, 0.25) is 0 Å². The number of rotatable bonds is 1. The summed E-state index contributed by atoms with van der Waals surface area (Å²) in [7, 11) is 0. The van der Waals surface area contributed by atoms with Gasteiger partial charge in [0.1, 0.15) is 11.5 Å². The number of amidine groups is 1. The Morgan fingerprint density at radius 1 is 1.78 bits per heavy atom. The fourth-order valence-corrected chi connectivity index (χ4v) is 0.482. The van der Waals surface area contributed by atoms with Gasteiger partial charge in [-0.1, -0.05) is 0 Å². The minimum absolute atomic E-state index is 0.0702. The first-order chi connectivity index (χ1) is 4.20. The third-order valence-corrected chi connectivity index (χ3v) is 0.884. The molecule has 0 aliphatic rings. The number of hydrogen-bond acceptors (Lipinski definition) is 3. The van der Waals surface area contributed by atoms with Crippen LogP contribution in [0.4, 0.5) is 0 Å². The van der Waals surface area contributed by atoms with Crippen molar-refractivity contribution in [3.8, 4) is 0 Å². The van der Waals surface area contributed by atoms with Gasteiger partial charge in [-0.15, -0.1) is 5.10 Å². The zero-order valence-corrected chi connectivity index (χ0v) is 4.70. The second-order valence-electron chi connectivity index (χ2n) is 1.59. The Morgan fingerprint density at radius 3 is 2.67 bits per heavy atom. The minimum Gasteiger partial charge on any atom is -0.382 e. The second kappa shape index (κ2) is 1.77. The Labute approximate surface area is 51.7 Å². The molecule has 1 rings (SSSR count). The van der Waals surface area contributed by atoms with E-state index in [0.717, 1.165) is 4.79 Å². The van der Waals surface area contributed by atoms with E-state index in [1.807, 2.05) is 0 Å². The standard InChI is InChI=1S/C4H7N5/c5-4(6)3-1-2-9(7)8-3/h1-2H,7H2,(H3,5,6). The fourth-order valence-electron chi connectivity index (χ4n) is 0.482. The SMILES string of the molecule is N=C(N)c1ccn(N)n1. The van der Waals surface area contributed by atoms with Crippen molar-refractivity contribution in [2.24, 2.45) is 5.73 Å². The molecule has 48 valence electrons. The van der Waals surface area contributed by atoms with Crippen molar-refractivity contribution in [2.75, 3.05) is 5.84 Å². The largest absolute Gasteiger partial charge is 0.382 e. The molecule has 0 unspecified atom stereocenters. The number of nitrogen functional groups attached to an aromatic ring is 2. The fraction of sp³-hybridized carbons (Fsp3) is 0. The molecule has 0 radical (unpaired) electrons. The van der Waals surface area contributed by atoms with Crippen molar-refractivity contribution in [3.63, 3.8) is 0 Å². The van der Waals surface area contributed by atoms with E-state index >= 15 is 0 Å². The van der Waals surface area contributed by atoms with Crippen LogP contribution in [-0.2, 0) is 0 Å². The van der Waals surface area contributed by atoms with E-state index in [0.29, 0.717) is 5.69 Å². The maximum Gasteiger partial charge on any atom is 0.143 e. The van der Waals surface area contributed by atoms with Crippen LogP contribution in [0.3, 0.4) is 0 Å². The zero-order chi connectivity index (χ0) is 6.85. The number of aromatic nitrogens is 2. The minimum atomic E-state index is -0.0702. The lowest BCUT2D eigenvalue weighted by molar-refractivity contribution is 0.827. The van der Waals surface area contributed by atoms with Gasteiger partial charge in [-0.05, 0) is 6.07 Å². The van der Waals surface area contributed by atoms with Gasteiger partial charge in [-0.25, -0.2) is 0 Å². The van der Waals surface area contributed by atoms with Crippen LogP contribution in [-0.4, -0.2) is 15.7 Å². The van der Waals surface area contributed by atoms with Crippen LogP contribution in [0, 0.1) is 5.41 Å². The summed E-state index contributed by atoms with van der Waals surface area (Å²) in [5.74, 6) is 5.10. The number of nitrogens with one attached hydrogen (secondary N) is 1. The molecule has 5 heteroatoms. The van der Waals surface area contributed by atoms with E-state index < -0.39 is 0 Å². The molecular formula is C4H7N5. The summed E-state index contributed by atoms with van der Waals surface area (Å²) in [6.07, 6.45) is 1.52. The molecule has 0 saturated heterocycles. The van der Waals surface area contributed by atoms with Crippen molar-refractivity contribution in [2.45, 2.75) is 0 Å². The van der Waals surface area contributed by atoms with Gasteiger partial charge in [0.25, 0.3) is 0 Å². The van der Waals surface area contributed by atoms with E-state index in [1.54, 1.807) is 6.07 Å². The van der Waals surface area contributed by atoms with Crippen molar-refractivity contribution in [1.82, 2.24) is 9.89 Å². The number of nitrogens with two attached hydrogens (primary N) is 2. The molecule has 0 aliphatic carbocycles. The maximum absolute atomic E-state index is 6.90. The molecule has 0 spiro atoms. The van der Waals surface area contributed by atoms with E-state index in [-0.39, 0.29) is 5.84 Å². The third kappa shape index (κ3) is 0.987. The van der Waals surface area contributed by atoms with Crippen LogP contribution >= 0.6 is 0 Å². The molecule has 1 aromatic rings. The monoisotopic (exact) mass is 125 g/mol. The number of hydrogen-bond donors (Lipinski definition) is 3. The van der Waals surface area contributed by atoms with Crippen LogP contribution in [0.2, 0.25) is 0 Å². The topological polar surface area (TPSA) is 93.7 Å². The summed E-state index contributed by atoms with van der Waals surface area (Å²) in [5, 5.41) is 10.6. The van der Waals surface area contributed by atoms with Crippen LogP contribution in [0.5, 0.6) is 0 Å². The molecule has 0 aliphatic heterocycles. The third-order valence-electron chi connectivity index (χ3n) is 0.884. The quantitative estimate of drug-likeness (QED) is 0.252. The smallest absolute Gasteiger partial charge is 0.143 e. The van der Waals surface area contributed by atoms with Crippen molar-refractivity contribution in [3.05, 3.63) is 18.0 Å². The molecule has 0 atom stereocenters. The Balaban J connectivity index is 2.98. The van der Waals surface area contributed by atoms with Gasteiger partial charge in [0.15, 0.2) is 0 Å². The highest BCUT2D eigenvalue weighted by atomic mass is 15.5. The molecule has 0 aromatic carbocycles. The van der Waals surface area contributed by atoms with E-state index in [1.165, 1.54) is 6.20 Å². The predicted octanol–water partition coefficient (Wildman–Crippen LogP) is -1.12. The van der Waals surface area contributed by atoms with E-state index in [4.69, 9.17) is 17.0 Å². The van der Waals surface area contributed by atoms with Crippen LogP contribution < -0.4 is 11.6 Å². The maximum atomic E-state index is 6.90. The Hall–Kier alpha value is -1.52. The summed E-state index contributed by atoms with van der Waals surface area (Å²) < 4.78 is 0. The highest BCUT2D eigenvalue weighted by molar-refractivity contribution is 5.92. The molecule has 0 fully saturated rings. The first-order valence-corrected chi connectivity index (χ1v) is 2.35. The molecule has 1 heterocycles. The average molecular weight is 125 g/mol. The molecule has 5 nitrogen and oxygen atoms in total. The van der Waals surface area contributed by atoms with Crippen molar-refractivity contribution < 1.29 is 0 Å². The zero-order valence-electron chi connectivity index (χ0n) is 4.70. The molecule has 9 heavy (non-hydrogen) atoms. The molecule has 0 amide bonds. The van der Waals surface area contributed by atoms with Gasteiger partial charge in [0.05, 0.1) is 0 Å². The van der Waals surface area contributed by atoms with Crippen molar-refractivity contribution >= 4 is 5.84 Å². The van der Waals surface area contributed by atoms with Gasteiger partial charge < -0.3 is 11.6 Å². The van der Waals surface area contributed by atoms with Gasteiger partial charge >= 0.3 is 0 Å². The highest BCUT2D eigenvalue weighted by Crippen LogP contribution is 1.88. The normalized spacial score (nSPS) is 9.33. The Kier molecular flexibility index (Phi) is 1.11. The van der Waals surface area contributed by atoms with Crippen LogP contribution in [0.1, 0.15) is 5.69 Å². The van der Waals surface area contributed by atoms with E-state index in [9.17, 15) is 0 Å². The first-order valence-electron chi connectivity index (χ1n) is 2.35. The van der Waals surface area contributed by atoms with Gasteiger partial charge in [0, 0.05) is 6.20 Å². The lowest BCUT2D eigenvalue weighted by Crippen LogP contribution is -2.15. The van der Waals surface area contributed by atoms with Crippen LogP contribution in [0.15, 0.2) is 12.3 Å². The summed E-state index contributed by atoms with van der Waals surface area (Å²) in [6, 6.07) is 1.57. The average Bonchev–Trinajstić information content (AvgIpc) is 2.14. The van der Waals surface area contributed by atoms with Gasteiger partial charge in [-0.2, -0.15) is 4.79 Å². The predicted molar refractivity (Wildman–Crippen MR) is 33.4 cm³/mol. The summed E-state index contributed by atoms with van der Waals surface area (Å²) >= 11 is 0. The summed E-state index contributed by atoms with van der Waals surface area (Å²) in [6.45, 7) is 0. The number of nitrogens with zero attached hydrogens (tertiary/aromatic N) is 2. The highest BCUT2D eigenvalue weighted by Gasteiger charge is 1.96. The molecule has 1 aromatic heterocycles. The Morgan fingerprint density at radius 2 is 2.44 bits per heavy atom. The van der Waals surface area contributed by atoms with Crippen LogP contribution in [0.25, 0.3) is 0 Å². The Bertz CT molecular complexity index is 225. The van der Waals surface area contributed by atoms with Gasteiger partial charge in [-0.3, -0.25) is 5.41 Å². The first kappa shape index (κ1) is 5.61.